The molecule has 0 fully saturated rings. The van der Waals surface area contributed by atoms with Crippen LogP contribution in [0.1, 0.15) is 44.1 Å². The molecule has 1 aromatic heterocycles. The number of Topliss-reactive ketones (excluding diaryl/α,β-unsaturated/α-hetero) is 1. The third-order valence-corrected chi connectivity index (χ3v) is 7.17. The maximum Gasteiger partial charge on any atom is 0.332 e. The summed E-state index contributed by atoms with van der Waals surface area (Å²) in [6.07, 6.45) is 0.791. The average molecular weight is 462 g/mol. The van der Waals surface area contributed by atoms with E-state index in [0.717, 1.165) is 27.7 Å². The first-order valence-electron chi connectivity index (χ1n) is 11.6. The zero-order valence-corrected chi connectivity index (χ0v) is 19.4. The van der Waals surface area contributed by atoms with Gasteiger partial charge in [-0.3, -0.25) is 18.7 Å². The van der Waals surface area contributed by atoms with Crippen LogP contribution in [0.5, 0.6) is 0 Å². The van der Waals surface area contributed by atoms with Gasteiger partial charge in [0.15, 0.2) is 5.78 Å². The molecule has 2 atom stereocenters. The number of carbonyl (C=O) groups is 1. The van der Waals surface area contributed by atoms with Gasteiger partial charge in [0, 0.05) is 31.1 Å². The fourth-order valence-corrected chi connectivity index (χ4v) is 5.40. The second-order valence-electron chi connectivity index (χ2n) is 9.21. The summed E-state index contributed by atoms with van der Waals surface area (Å²) in [5, 5.41) is 0. The highest BCUT2D eigenvalue weighted by molar-refractivity contribution is 6.30. The lowest BCUT2D eigenvalue weighted by atomic mass is 9.76. The SMILES string of the molecule is Cn1c2c(c(=O)n(C)c1=O)[C@H](c1ccc(Cc3ccccc3)cc1)[C@H]1C(=O)c3ccccc3C1=N2. The summed E-state index contributed by atoms with van der Waals surface area (Å²) in [5.74, 6) is -0.856. The number of ketones is 1. The number of carbonyl (C=O) groups excluding carboxylic acids is 1. The van der Waals surface area contributed by atoms with Gasteiger partial charge in [-0.2, -0.15) is 0 Å². The topological polar surface area (TPSA) is 73.4 Å². The normalized spacial score (nSPS) is 18.0. The van der Waals surface area contributed by atoms with Crippen molar-refractivity contribution in [1.29, 1.82) is 0 Å². The number of nitrogens with zero attached hydrogens (tertiary/aromatic N) is 3. The van der Waals surface area contributed by atoms with Crippen molar-refractivity contribution < 1.29 is 4.79 Å². The Morgan fingerprint density at radius 2 is 1.34 bits per heavy atom. The van der Waals surface area contributed by atoms with Gasteiger partial charge in [0.2, 0.25) is 0 Å². The molecule has 172 valence electrons. The van der Waals surface area contributed by atoms with E-state index >= 15 is 0 Å². The molecule has 0 amide bonds. The van der Waals surface area contributed by atoms with E-state index in [9.17, 15) is 14.4 Å². The first kappa shape index (κ1) is 21.2. The van der Waals surface area contributed by atoms with Crippen LogP contribution >= 0.6 is 0 Å². The number of hydrogen-bond donors (Lipinski definition) is 0. The Morgan fingerprint density at radius 3 is 2.06 bits per heavy atom. The van der Waals surface area contributed by atoms with E-state index in [4.69, 9.17) is 4.99 Å². The van der Waals surface area contributed by atoms with Gasteiger partial charge in [-0.1, -0.05) is 78.9 Å². The van der Waals surface area contributed by atoms with Gasteiger partial charge in [0.05, 0.1) is 17.2 Å². The predicted molar refractivity (Wildman–Crippen MR) is 135 cm³/mol. The zero-order valence-electron chi connectivity index (χ0n) is 19.4. The van der Waals surface area contributed by atoms with E-state index in [2.05, 4.69) is 12.1 Å². The number of rotatable bonds is 3. The molecule has 0 unspecified atom stereocenters. The van der Waals surface area contributed by atoms with E-state index in [0.29, 0.717) is 22.7 Å². The molecule has 6 rings (SSSR count). The zero-order chi connectivity index (χ0) is 24.3. The van der Waals surface area contributed by atoms with E-state index in [-0.39, 0.29) is 5.78 Å². The lowest BCUT2D eigenvalue weighted by molar-refractivity contribution is 0.0953. The Bertz CT molecular complexity index is 1640. The molecule has 0 bridgehead atoms. The molecule has 1 aliphatic heterocycles. The number of aliphatic imine (C=N–C) groups is 1. The Hall–Kier alpha value is -4.32. The first-order chi connectivity index (χ1) is 17.0. The maximum atomic E-state index is 13.6. The summed E-state index contributed by atoms with van der Waals surface area (Å²) in [4.78, 5) is 44.5. The lowest BCUT2D eigenvalue weighted by Crippen LogP contribution is -2.43. The third-order valence-electron chi connectivity index (χ3n) is 7.17. The van der Waals surface area contributed by atoms with Crippen LogP contribution in [-0.4, -0.2) is 20.6 Å². The summed E-state index contributed by atoms with van der Waals surface area (Å²) >= 11 is 0. The minimum atomic E-state index is -0.606. The van der Waals surface area contributed by atoms with Gasteiger partial charge < -0.3 is 0 Å². The van der Waals surface area contributed by atoms with E-state index in [1.165, 1.54) is 17.2 Å². The standard InChI is InChI=1S/C29H23N3O3/c1-31-27-24(28(34)32(2)29(31)35)22(23-25(30-27)20-10-6-7-11-21(20)26(23)33)19-14-12-18(13-15-19)16-17-8-4-3-5-9-17/h3-15,22-23H,16H2,1-2H3/t22-,23-/m1/s1. The summed E-state index contributed by atoms with van der Waals surface area (Å²) < 4.78 is 2.50. The Labute approximate surface area is 201 Å². The van der Waals surface area contributed by atoms with Crippen LogP contribution in [0, 0.1) is 5.92 Å². The molecule has 6 heteroatoms. The van der Waals surface area contributed by atoms with Gasteiger partial charge in [-0.25, -0.2) is 9.79 Å². The predicted octanol–water partition coefficient (Wildman–Crippen LogP) is 3.75. The van der Waals surface area contributed by atoms with Crippen LogP contribution in [0.3, 0.4) is 0 Å². The van der Waals surface area contributed by atoms with Crippen molar-refractivity contribution in [2.24, 2.45) is 25.0 Å². The largest absolute Gasteiger partial charge is 0.332 e. The van der Waals surface area contributed by atoms with Crippen molar-refractivity contribution in [3.05, 3.63) is 133 Å². The smallest absolute Gasteiger partial charge is 0.293 e. The van der Waals surface area contributed by atoms with Crippen molar-refractivity contribution >= 4 is 17.3 Å². The average Bonchev–Trinajstić information content (AvgIpc) is 3.18. The van der Waals surface area contributed by atoms with E-state index in [1.807, 2.05) is 60.7 Å². The van der Waals surface area contributed by atoms with Gasteiger partial charge >= 0.3 is 5.69 Å². The van der Waals surface area contributed by atoms with Gasteiger partial charge in [0.1, 0.15) is 5.82 Å². The monoisotopic (exact) mass is 461 g/mol. The van der Waals surface area contributed by atoms with Crippen LogP contribution in [-0.2, 0) is 20.5 Å². The highest BCUT2D eigenvalue weighted by atomic mass is 16.2. The number of aromatic nitrogens is 2. The number of hydrogen-bond acceptors (Lipinski definition) is 4. The minimum absolute atomic E-state index is 0.0423. The third kappa shape index (κ3) is 3.17. The minimum Gasteiger partial charge on any atom is -0.293 e. The molecule has 0 N–H and O–H groups in total. The molecular weight excluding hydrogens is 438 g/mol. The molecule has 0 saturated carbocycles. The highest BCUT2D eigenvalue weighted by Gasteiger charge is 2.47. The van der Waals surface area contributed by atoms with Crippen LogP contribution in [0.2, 0.25) is 0 Å². The van der Waals surface area contributed by atoms with Crippen molar-refractivity contribution in [3.63, 3.8) is 0 Å². The lowest BCUT2D eigenvalue weighted by Gasteiger charge is -2.30. The number of benzene rings is 3. The van der Waals surface area contributed by atoms with Gasteiger partial charge in [-0.05, 0) is 23.1 Å². The Morgan fingerprint density at radius 1 is 0.714 bits per heavy atom. The first-order valence-corrected chi connectivity index (χ1v) is 11.6. The summed E-state index contributed by atoms with van der Waals surface area (Å²) in [7, 11) is 3.09. The quantitative estimate of drug-likeness (QED) is 0.466. The second-order valence-corrected chi connectivity index (χ2v) is 9.21. The summed E-state index contributed by atoms with van der Waals surface area (Å²) in [6.45, 7) is 0. The Balaban J connectivity index is 1.54. The van der Waals surface area contributed by atoms with Gasteiger partial charge in [-0.15, -0.1) is 0 Å². The van der Waals surface area contributed by atoms with E-state index in [1.54, 1.807) is 13.1 Å². The van der Waals surface area contributed by atoms with Crippen LogP contribution < -0.4 is 11.2 Å². The Kier molecular flexibility index (Phi) is 4.78. The van der Waals surface area contributed by atoms with Crippen LogP contribution in [0.4, 0.5) is 5.82 Å². The van der Waals surface area contributed by atoms with Crippen LogP contribution in [0.25, 0.3) is 0 Å². The maximum absolute atomic E-state index is 13.6. The molecule has 0 radical (unpaired) electrons. The molecule has 0 spiro atoms. The molecule has 1 aliphatic carbocycles. The van der Waals surface area contributed by atoms with Crippen molar-refractivity contribution in [2.75, 3.05) is 0 Å². The number of fused-ring (bicyclic) bond motifs is 4. The molecule has 3 aromatic carbocycles. The van der Waals surface area contributed by atoms with Gasteiger partial charge in [0.25, 0.3) is 5.56 Å². The highest BCUT2D eigenvalue weighted by Crippen LogP contribution is 2.46. The van der Waals surface area contributed by atoms with E-state index < -0.39 is 23.1 Å². The second kappa shape index (κ2) is 7.87. The molecule has 2 heterocycles. The molecule has 0 saturated heterocycles. The summed E-state index contributed by atoms with van der Waals surface area (Å²) in [6, 6.07) is 25.7. The molecule has 35 heavy (non-hydrogen) atoms. The molecule has 4 aromatic rings. The van der Waals surface area contributed by atoms with Crippen molar-refractivity contribution in [2.45, 2.75) is 12.3 Å². The fourth-order valence-electron chi connectivity index (χ4n) is 5.40. The summed E-state index contributed by atoms with van der Waals surface area (Å²) in [5.41, 5.74) is 4.75. The van der Waals surface area contributed by atoms with Crippen LogP contribution in [0.15, 0.2) is 93.4 Å². The van der Waals surface area contributed by atoms with Crippen molar-refractivity contribution in [1.82, 2.24) is 9.13 Å². The fraction of sp³-hybridized carbons (Fsp3) is 0.172. The molecular formula is C29H23N3O3. The molecule has 6 nitrogen and oxygen atoms in total. The molecule has 2 aliphatic rings. The van der Waals surface area contributed by atoms with Crippen molar-refractivity contribution in [3.8, 4) is 0 Å².